The second-order valence-electron chi connectivity index (χ2n) is 6.23. The number of halogens is 1. The van der Waals surface area contributed by atoms with E-state index in [2.05, 4.69) is 5.32 Å². The molecule has 2 N–H and O–H groups in total. The first-order valence-electron chi connectivity index (χ1n) is 7.26. The van der Waals surface area contributed by atoms with E-state index in [0.29, 0.717) is 10.6 Å². The van der Waals surface area contributed by atoms with Crippen molar-refractivity contribution in [3.63, 3.8) is 0 Å². The first-order chi connectivity index (χ1) is 10.6. The highest BCUT2D eigenvalue weighted by molar-refractivity contribution is 6.30. The zero-order valence-electron chi connectivity index (χ0n) is 13.7. The number of nitrogens with one attached hydrogen (secondary N) is 1. The standard InChI is InChI=1S/C17H22ClNO4/c1-11(9-15(20)23-17(2,3)4)19-10-14(16(21)22)12-5-7-13(18)8-6-12/h5-8,10-11,19H,9H2,1-4H3,(H,21,22)/b14-10+. The van der Waals surface area contributed by atoms with E-state index < -0.39 is 11.6 Å². The smallest absolute Gasteiger partial charge is 0.337 e. The minimum atomic E-state index is -1.07. The van der Waals surface area contributed by atoms with Gasteiger partial charge in [-0.2, -0.15) is 0 Å². The van der Waals surface area contributed by atoms with Gasteiger partial charge in [0.2, 0.25) is 0 Å². The largest absolute Gasteiger partial charge is 0.478 e. The van der Waals surface area contributed by atoms with Gasteiger partial charge in [-0.25, -0.2) is 4.79 Å². The van der Waals surface area contributed by atoms with E-state index >= 15 is 0 Å². The molecule has 0 radical (unpaired) electrons. The zero-order valence-corrected chi connectivity index (χ0v) is 14.5. The molecule has 0 spiro atoms. The Balaban J connectivity index is 2.73. The topological polar surface area (TPSA) is 75.6 Å². The summed E-state index contributed by atoms with van der Waals surface area (Å²) in [6, 6.07) is 6.24. The van der Waals surface area contributed by atoms with Crippen LogP contribution in [0.3, 0.4) is 0 Å². The van der Waals surface area contributed by atoms with E-state index in [0.717, 1.165) is 0 Å². The van der Waals surface area contributed by atoms with Crippen LogP contribution in [0.4, 0.5) is 0 Å². The molecule has 0 aliphatic heterocycles. The second kappa shape index (κ2) is 8.02. The van der Waals surface area contributed by atoms with Crippen LogP contribution in [0, 0.1) is 0 Å². The van der Waals surface area contributed by atoms with Crippen LogP contribution in [-0.4, -0.2) is 28.7 Å². The molecule has 0 amide bonds. The van der Waals surface area contributed by atoms with E-state index in [1.165, 1.54) is 6.20 Å². The Labute approximate surface area is 141 Å². The van der Waals surface area contributed by atoms with Gasteiger partial charge >= 0.3 is 11.9 Å². The maximum atomic E-state index is 11.7. The molecule has 0 aromatic heterocycles. The number of carboxylic acids is 1. The van der Waals surface area contributed by atoms with Crippen molar-refractivity contribution in [3.8, 4) is 0 Å². The number of ether oxygens (including phenoxy) is 1. The van der Waals surface area contributed by atoms with Crippen molar-refractivity contribution in [2.24, 2.45) is 0 Å². The molecule has 0 aliphatic carbocycles. The van der Waals surface area contributed by atoms with Crippen molar-refractivity contribution in [1.29, 1.82) is 0 Å². The van der Waals surface area contributed by atoms with Crippen LogP contribution in [0.1, 0.15) is 39.7 Å². The van der Waals surface area contributed by atoms with Crippen molar-refractivity contribution in [1.82, 2.24) is 5.32 Å². The van der Waals surface area contributed by atoms with Crippen LogP contribution in [0.2, 0.25) is 5.02 Å². The highest BCUT2D eigenvalue weighted by Gasteiger charge is 2.18. The molecule has 1 unspecified atom stereocenters. The van der Waals surface area contributed by atoms with E-state index in [1.807, 2.05) is 0 Å². The van der Waals surface area contributed by atoms with Crippen LogP contribution in [-0.2, 0) is 14.3 Å². The Kier molecular flexibility index (Phi) is 6.63. The van der Waals surface area contributed by atoms with Gasteiger partial charge in [0.15, 0.2) is 0 Å². The van der Waals surface area contributed by atoms with Crippen molar-refractivity contribution >= 4 is 29.1 Å². The Bertz CT molecular complexity index is 588. The summed E-state index contributed by atoms with van der Waals surface area (Å²) >= 11 is 5.80. The van der Waals surface area contributed by atoms with Gasteiger partial charge in [0.1, 0.15) is 5.60 Å². The molecule has 126 valence electrons. The zero-order chi connectivity index (χ0) is 17.6. The molecule has 1 aromatic rings. The van der Waals surface area contributed by atoms with Gasteiger partial charge in [-0.15, -0.1) is 0 Å². The second-order valence-corrected chi connectivity index (χ2v) is 6.66. The third-order valence-electron chi connectivity index (χ3n) is 2.79. The Morgan fingerprint density at radius 1 is 1.30 bits per heavy atom. The predicted octanol–water partition coefficient (Wildman–Crippen LogP) is 3.48. The summed E-state index contributed by atoms with van der Waals surface area (Å²) in [5, 5.41) is 12.8. The molecule has 6 heteroatoms. The minimum absolute atomic E-state index is 0.0951. The summed E-state index contributed by atoms with van der Waals surface area (Å²) in [7, 11) is 0. The minimum Gasteiger partial charge on any atom is -0.478 e. The summed E-state index contributed by atoms with van der Waals surface area (Å²) in [6.45, 7) is 7.17. The number of rotatable bonds is 6. The van der Waals surface area contributed by atoms with Gasteiger partial charge in [0, 0.05) is 17.3 Å². The van der Waals surface area contributed by atoms with E-state index in [9.17, 15) is 14.7 Å². The summed E-state index contributed by atoms with van der Waals surface area (Å²) in [5.74, 6) is -1.40. The molecular formula is C17H22ClNO4. The van der Waals surface area contributed by atoms with Crippen LogP contribution in [0.15, 0.2) is 30.5 Å². The quantitative estimate of drug-likeness (QED) is 0.613. The van der Waals surface area contributed by atoms with Gasteiger partial charge in [0.05, 0.1) is 12.0 Å². The number of hydrogen-bond donors (Lipinski definition) is 2. The summed E-state index contributed by atoms with van der Waals surface area (Å²) in [4.78, 5) is 23.1. The SMILES string of the molecule is CC(CC(=O)OC(C)(C)C)N/C=C(/C(=O)O)c1ccc(Cl)cc1. The number of carbonyl (C=O) groups excluding carboxylic acids is 1. The van der Waals surface area contributed by atoms with Crippen molar-refractivity contribution in [2.75, 3.05) is 0 Å². The van der Waals surface area contributed by atoms with Crippen molar-refractivity contribution in [3.05, 3.63) is 41.1 Å². The molecule has 0 saturated heterocycles. The van der Waals surface area contributed by atoms with E-state index in [1.54, 1.807) is 52.0 Å². The fraction of sp³-hybridized carbons (Fsp3) is 0.412. The molecule has 5 nitrogen and oxygen atoms in total. The summed E-state index contributed by atoms with van der Waals surface area (Å²) in [6.07, 6.45) is 1.53. The molecule has 1 rings (SSSR count). The lowest BCUT2D eigenvalue weighted by atomic mass is 10.1. The normalized spacial score (nSPS) is 13.3. The van der Waals surface area contributed by atoms with Crippen molar-refractivity contribution in [2.45, 2.75) is 45.8 Å². The Morgan fingerprint density at radius 3 is 2.35 bits per heavy atom. The first kappa shape index (κ1) is 19.0. The maximum absolute atomic E-state index is 11.7. The van der Waals surface area contributed by atoms with Crippen LogP contribution < -0.4 is 5.32 Å². The molecule has 0 fully saturated rings. The molecular weight excluding hydrogens is 318 g/mol. The number of carboxylic acid groups (broad SMARTS) is 1. The number of carbonyl (C=O) groups is 2. The van der Waals surface area contributed by atoms with Crippen LogP contribution in [0.25, 0.3) is 5.57 Å². The van der Waals surface area contributed by atoms with E-state index in [-0.39, 0.29) is 24.0 Å². The molecule has 0 heterocycles. The van der Waals surface area contributed by atoms with Gasteiger partial charge in [-0.1, -0.05) is 23.7 Å². The van der Waals surface area contributed by atoms with Crippen LogP contribution >= 0.6 is 11.6 Å². The predicted molar refractivity (Wildman–Crippen MR) is 90.1 cm³/mol. The number of esters is 1. The highest BCUT2D eigenvalue weighted by Crippen LogP contribution is 2.17. The lowest BCUT2D eigenvalue weighted by molar-refractivity contribution is -0.155. The average Bonchev–Trinajstić information content (AvgIpc) is 2.38. The fourth-order valence-corrected chi connectivity index (χ4v) is 1.94. The Hall–Kier alpha value is -2.01. The summed E-state index contributed by atoms with van der Waals surface area (Å²) < 4.78 is 5.23. The van der Waals surface area contributed by atoms with Gasteiger partial charge < -0.3 is 15.2 Å². The number of hydrogen-bond acceptors (Lipinski definition) is 4. The molecule has 23 heavy (non-hydrogen) atoms. The fourth-order valence-electron chi connectivity index (χ4n) is 1.82. The molecule has 0 bridgehead atoms. The monoisotopic (exact) mass is 339 g/mol. The Morgan fingerprint density at radius 2 is 1.87 bits per heavy atom. The maximum Gasteiger partial charge on any atom is 0.337 e. The molecule has 0 saturated carbocycles. The average molecular weight is 340 g/mol. The molecule has 1 atom stereocenters. The molecule has 0 aliphatic rings. The van der Waals surface area contributed by atoms with Gasteiger partial charge in [-0.05, 0) is 45.4 Å². The molecule has 1 aromatic carbocycles. The van der Waals surface area contributed by atoms with Crippen LogP contribution in [0.5, 0.6) is 0 Å². The van der Waals surface area contributed by atoms with Gasteiger partial charge in [-0.3, -0.25) is 4.79 Å². The number of aliphatic carboxylic acids is 1. The van der Waals surface area contributed by atoms with Crippen molar-refractivity contribution < 1.29 is 19.4 Å². The number of benzene rings is 1. The third kappa shape index (κ3) is 7.19. The lowest BCUT2D eigenvalue weighted by Crippen LogP contribution is -2.30. The highest BCUT2D eigenvalue weighted by atomic mass is 35.5. The van der Waals surface area contributed by atoms with E-state index in [4.69, 9.17) is 16.3 Å². The van der Waals surface area contributed by atoms with Gasteiger partial charge in [0.25, 0.3) is 0 Å². The third-order valence-corrected chi connectivity index (χ3v) is 3.04. The first-order valence-corrected chi connectivity index (χ1v) is 7.63. The lowest BCUT2D eigenvalue weighted by Gasteiger charge is -2.21. The summed E-state index contributed by atoms with van der Waals surface area (Å²) in [5.41, 5.74) is 0.0823.